The average Bonchev–Trinajstić information content (AvgIpc) is 2.97. The van der Waals surface area contributed by atoms with E-state index in [1.165, 1.54) is 4.90 Å². The number of hydrogen-bond acceptors (Lipinski definition) is 4. The second-order valence-electron chi connectivity index (χ2n) is 6.74. The van der Waals surface area contributed by atoms with E-state index in [2.05, 4.69) is 34.8 Å². The van der Waals surface area contributed by atoms with Crippen LogP contribution in [0.4, 0.5) is 4.79 Å². The van der Waals surface area contributed by atoms with Gasteiger partial charge in [0, 0.05) is 0 Å². The summed E-state index contributed by atoms with van der Waals surface area (Å²) in [6, 6.07) is 12.7. The van der Waals surface area contributed by atoms with E-state index in [1.807, 2.05) is 43.3 Å². The molecule has 0 unspecified atom stereocenters. The molecule has 6 nitrogen and oxygen atoms in total. The number of nitrogens with one attached hydrogen (secondary N) is 1. The molecule has 1 saturated heterocycles. The van der Waals surface area contributed by atoms with E-state index >= 15 is 0 Å². The molecule has 3 rings (SSSR count). The van der Waals surface area contributed by atoms with Crippen LogP contribution < -0.4 is 14.8 Å². The van der Waals surface area contributed by atoms with Gasteiger partial charge in [-0.2, -0.15) is 0 Å². The van der Waals surface area contributed by atoms with E-state index in [0.29, 0.717) is 11.5 Å². The highest BCUT2D eigenvalue weighted by Crippen LogP contribution is 2.35. The van der Waals surface area contributed by atoms with E-state index in [-0.39, 0.29) is 24.3 Å². The molecule has 0 aliphatic carbocycles. The van der Waals surface area contributed by atoms with E-state index in [4.69, 9.17) is 9.47 Å². The van der Waals surface area contributed by atoms with Gasteiger partial charge >= 0.3 is 6.03 Å². The van der Waals surface area contributed by atoms with Crippen LogP contribution in [-0.4, -0.2) is 30.1 Å². The molecule has 0 spiro atoms. The molecule has 0 bridgehead atoms. The van der Waals surface area contributed by atoms with Crippen LogP contribution in [0.25, 0.3) is 6.08 Å². The van der Waals surface area contributed by atoms with Crippen molar-refractivity contribution in [1.82, 2.24) is 10.2 Å². The van der Waals surface area contributed by atoms with E-state index in [1.54, 1.807) is 19.3 Å². The molecular formula is C22H23IN2O4. The molecule has 1 aliphatic rings. The smallest absolute Gasteiger partial charge is 0.329 e. The number of carbonyl (C=O) groups excluding carboxylic acids is 2. The van der Waals surface area contributed by atoms with Gasteiger partial charge < -0.3 is 14.8 Å². The Labute approximate surface area is 184 Å². The predicted molar refractivity (Wildman–Crippen MR) is 120 cm³/mol. The summed E-state index contributed by atoms with van der Waals surface area (Å²) in [5.41, 5.74) is 1.87. The summed E-state index contributed by atoms with van der Waals surface area (Å²) in [7, 11) is 1.58. The normalized spacial score (nSPS) is 16.1. The Morgan fingerprint density at radius 3 is 2.59 bits per heavy atom. The van der Waals surface area contributed by atoms with Crippen molar-refractivity contribution < 1.29 is 19.1 Å². The van der Waals surface area contributed by atoms with Gasteiger partial charge in [-0.25, -0.2) is 4.79 Å². The standard InChI is InChI=1S/C22H23IN2O4/c1-4-14(2)29-20-17(23)10-16(12-19(20)28-3)11-18-21(26)25(22(27)24-18)13-15-8-6-5-7-9-15/h5-12,14H,4,13H2,1-3H3,(H,24,27)/b18-11+/t14-/m1/s1. The lowest BCUT2D eigenvalue weighted by atomic mass is 10.1. The number of rotatable bonds is 7. The third kappa shape index (κ3) is 4.90. The number of nitrogens with zero attached hydrogens (tertiary/aromatic N) is 1. The predicted octanol–water partition coefficient (Wildman–Crippen LogP) is 4.57. The number of amides is 3. The molecule has 2 aromatic rings. The fraction of sp³-hybridized carbons (Fsp3) is 0.273. The number of benzene rings is 2. The van der Waals surface area contributed by atoms with Crippen molar-refractivity contribution in [2.24, 2.45) is 0 Å². The van der Waals surface area contributed by atoms with Crippen LogP contribution in [0, 0.1) is 3.57 Å². The van der Waals surface area contributed by atoms with Gasteiger partial charge in [-0.1, -0.05) is 37.3 Å². The first-order chi connectivity index (χ1) is 13.9. The van der Waals surface area contributed by atoms with Crippen molar-refractivity contribution in [3.63, 3.8) is 0 Å². The molecule has 29 heavy (non-hydrogen) atoms. The third-order valence-electron chi connectivity index (χ3n) is 4.60. The lowest BCUT2D eigenvalue weighted by Gasteiger charge is -2.17. The monoisotopic (exact) mass is 506 g/mol. The van der Waals surface area contributed by atoms with E-state index in [9.17, 15) is 9.59 Å². The van der Waals surface area contributed by atoms with Crippen LogP contribution in [0.1, 0.15) is 31.4 Å². The van der Waals surface area contributed by atoms with Gasteiger partial charge in [0.25, 0.3) is 5.91 Å². The maximum Gasteiger partial charge on any atom is 0.329 e. The van der Waals surface area contributed by atoms with Gasteiger partial charge in [0.1, 0.15) is 5.70 Å². The molecule has 1 atom stereocenters. The summed E-state index contributed by atoms with van der Waals surface area (Å²) in [4.78, 5) is 26.2. The molecular weight excluding hydrogens is 483 g/mol. The third-order valence-corrected chi connectivity index (χ3v) is 5.40. The molecule has 0 saturated carbocycles. The van der Waals surface area contributed by atoms with Crippen LogP contribution in [0.15, 0.2) is 48.2 Å². The first-order valence-corrected chi connectivity index (χ1v) is 10.4. The van der Waals surface area contributed by atoms with Crippen molar-refractivity contribution in [3.05, 3.63) is 62.9 Å². The Hall–Kier alpha value is -2.55. The molecule has 3 amide bonds. The Morgan fingerprint density at radius 2 is 1.93 bits per heavy atom. The summed E-state index contributed by atoms with van der Waals surface area (Å²) in [5, 5.41) is 2.66. The summed E-state index contributed by atoms with van der Waals surface area (Å²) in [6.07, 6.45) is 2.59. The van der Waals surface area contributed by atoms with Crippen molar-refractivity contribution in [2.45, 2.75) is 32.9 Å². The molecule has 1 fully saturated rings. The number of urea groups is 1. The second-order valence-corrected chi connectivity index (χ2v) is 7.90. The summed E-state index contributed by atoms with van der Waals surface area (Å²) in [6.45, 7) is 4.28. The van der Waals surface area contributed by atoms with Crippen molar-refractivity contribution >= 4 is 40.6 Å². The second kappa shape index (κ2) is 9.30. The lowest BCUT2D eigenvalue weighted by molar-refractivity contribution is -0.123. The minimum absolute atomic E-state index is 0.0591. The zero-order chi connectivity index (χ0) is 21.0. The van der Waals surface area contributed by atoms with Gasteiger partial charge in [-0.15, -0.1) is 0 Å². The Morgan fingerprint density at radius 1 is 1.21 bits per heavy atom. The van der Waals surface area contributed by atoms with Crippen LogP contribution >= 0.6 is 22.6 Å². The summed E-state index contributed by atoms with van der Waals surface area (Å²) < 4.78 is 12.3. The SMILES string of the molecule is CC[C@@H](C)Oc1c(I)cc(/C=C2/NC(=O)N(Cc3ccccc3)C2=O)cc1OC. The molecule has 0 aromatic heterocycles. The van der Waals surface area contributed by atoms with Crippen LogP contribution in [0.2, 0.25) is 0 Å². The first-order valence-electron chi connectivity index (χ1n) is 9.35. The van der Waals surface area contributed by atoms with Gasteiger partial charge in [0.05, 0.1) is 23.3 Å². The van der Waals surface area contributed by atoms with Crippen LogP contribution in [-0.2, 0) is 11.3 Å². The Bertz CT molecular complexity index is 943. The fourth-order valence-corrected chi connectivity index (χ4v) is 3.62. The molecule has 1 aliphatic heterocycles. The van der Waals surface area contributed by atoms with E-state index in [0.717, 1.165) is 21.1 Å². The van der Waals surface area contributed by atoms with Gasteiger partial charge in [0.15, 0.2) is 11.5 Å². The zero-order valence-electron chi connectivity index (χ0n) is 16.6. The summed E-state index contributed by atoms with van der Waals surface area (Å²) >= 11 is 2.18. The molecule has 1 heterocycles. The van der Waals surface area contributed by atoms with Crippen molar-refractivity contribution in [3.8, 4) is 11.5 Å². The Kier molecular flexibility index (Phi) is 6.79. The van der Waals surface area contributed by atoms with Gasteiger partial charge in [-0.3, -0.25) is 9.69 Å². The average molecular weight is 506 g/mol. The van der Waals surface area contributed by atoms with Crippen LogP contribution in [0.3, 0.4) is 0 Å². The minimum atomic E-state index is -0.427. The zero-order valence-corrected chi connectivity index (χ0v) is 18.7. The van der Waals surface area contributed by atoms with Crippen molar-refractivity contribution in [1.29, 1.82) is 0 Å². The van der Waals surface area contributed by atoms with E-state index < -0.39 is 6.03 Å². The largest absolute Gasteiger partial charge is 0.493 e. The quantitative estimate of drug-likeness (QED) is 0.340. The molecule has 7 heteroatoms. The number of hydrogen-bond donors (Lipinski definition) is 1. The molecule has 0 radical (unpaired) electrons. The molecule has 1 N–H and O–H groups in total. The lowest BCUT2D eigenvalue weighted by Crippen LogP contribution is -2.30. The maximum atomic E-state index is 12.7. The highest BCUT2D eigenvalue weighted by molar-refractivity contribution is 14.1. The Balaban J connectivity index is 1.85. The number of ether oxygens (including phenoxy) is 2. The minimum Gasteiger partial charge on any atom is -0.493 e. The fourth-order valence-electron chi connectivity index (χ4n) is 2.87. The number of imide groups is 1. The van der Waals surface area contributed by atoms with Crippen molar-refractivity contribution in [2.75, 3.05) is 7.11 Å². The number of halogens is 1. The molecule has 152 valence electrons. The summed E-state index contributed by atoms with van der Waals surface area (Å²) in [5.74, 6) is 0.909. The van der Waals surface area contributed by atoms with Gasteiger partial charge in [0.2, 0.25) is 0 Å². The van der Waals surface area contributed by atoms with Crippen LogP contribution in [0.5, 0.6) is 11.5 Å². The van der Waals surface area contributed by atoms with Gasteiger partial charge in [-0.05, 0) is 65.3 Å². The number of carbonyl (C=O) groups is 2. The highest BCUT2D eigenvalue weighted by Gasteiger charge is 2.33. The number of methoxy groups -OCH3 is 1. The topological polar surface area (TPSA) is 67.9 Å². The molecule has 2 aromatic carbocycles. The maximum absolute atomic E-state index is 12.7. The first kappa shape index (κ1) is 21.2. The highest BCUT2D eigenvalue weighted by atomic mass is 127.